The maximum Gasteiger partial charge on any atom is 0.695 e. The van der Waals surface area contributed by atoms with Crippen molar-refractivity contribution < 1.29 is 34.4 Å². The fourth-order valence-corrected chi connectivity index (χ4v) is 10.9. The fraction of sp³-hybridized carbons (Fsp3) is 0.589. The normalized spacial score (nSPS) is 13.1. The molecule has 0 aliphatic rings. The van der Waals surface area contributed by atoms with Gasteiger partial charge in [-0.1, -0.05) is 229 Å². The quantitative estimate of drug-likeness (QED) is 0.0882. The largest absolute Gasteiger partial charge is 0.695 e. The van der Waals surface area contributed by atoms with E-state index in [1.807, 2.05) is 53.7 Å². The molecular weight excluding hydrogens is 1020 g/mol. The Bertz CT molecular complexity index is 2610. The first-order chi connectivity index (χ1) is 36.4. The summed E-state index contributed by atoms with van der Waals surface area (Å²) in [5.74, 6) is 1.52. The molecule has 0 saturated heterocycles. The van der Waals surface area contributed by atoms with Crippen molar-refractivity contribution in [2.75, 3.05) is 0 Å². The van der Waals surface area contributed by atoms with Crippen LogP contribution in [0.3, 0.4) is 0 Å². The molecule has 5 aromatic rings. The van der Waals surface area contributed by atoms with E-state index >= 15 is 0 Å². The molecule has 5 aromatic carbocycles. The topological polar surface area (TPSA) is 127 Å². The van der Waals surface area contributed by atoms with Crippen molar-refractivity contribution in [2.24, 2.45) is 0 Å². The van der Waals surface area contributed by atoms with Gasteiger partial charge in [-0.05, 0) is 196 Å². The summed E-state index contributed by atoms with van der Waals surface area (Å²) in [5, 5.41) is 45.4. The molecule has 0 radical (unpaired) electrons. The number of aromatic hydroxyl groups is 4. The van der Waals surface area contributed by atoms with Gasteiger partial charge >= 0.3 is 8.25 Å². The number of rotatable bonds is 10. The van der Waals surface area contributed by atoms with Crippen LogP contribution < -0.4 is 0 Å². The molecule has 0 spiro atoms. The van der Waals surface area contributed by atoms with Crippen molar-refractivity contribution >= 4 is 8.25 Å². The average molecular weight is 1130 g/mol. The van der Waals surface area contributed by atoms with Gasteiger partial charge in [-0.2, -0.15) is 0 Å². The Balaban J connectivity index is 0.000000595. The second-order valence-electron chi connectivity index (χ2n) is 31.5. The zero-order valence-corrected chi connectivity index (χ0v) is 57.3. The summed E-state index contributed by atoms with van der Waals surface area (Å²) in [6, 6.07) is 17.1. The monoisotopic (exact) mass is 1130 g/mol. The van der Waals surface area contributed by atoms with Gasteiger partial charge < -0.3 is 20.4 Å². The Morgan fingerprint density at radius 2 is 0.494 bits per heavy atom. The zero-order valence-electron chi connectivity index (χ0n) is 56.4. The van der Waals surface area contributed by atoms with Gasteiger partial charge in [-0.25, -0.2) is 0 Å². The van der Waals surface area contributed by atoms with Crippen LogP contribution in [0.1, 0.15) is 293 Å². The number of benzene rings is 5. The van der Waals surface area contributed by atoms with Gasteiger partial charge in [0.1, 0.15) is 29.6 Å². The van der Waals surface area contributed by atoms with E-state index in [9.17, 15) is 25.0 Å². The summed E-state index contributed by atoms with van der Waals surface area (Å²) < 4.78 is 15.5. The number of hydrogen-bond acceptors (Lipinski definition) is 6. The number of hydrogen-bond donors (Lipinski definition) is 5. The molecule has 0 bridgehead atoms. The van der Waals surface area contributed by atoms with Gasteiger partial charge in [-0.15, -0.1) is 9.42 Å². The van der Waals surface area contributed by atoms with Gasteiger partial charge in [-0.3, -0.25) is 0 Å². The average Bonchev–Trinajstić information content (AvgIpc) is 3.28. The Morgan fingerprint density at radius 3 is 0.630 bits per heavy atom. The van der Waals surface area contributed by atoms with Crippen molar-refractivity contribution in [1.29, 1.82) is 0 Å². The summed E-state index contributed by atoms with van der Waals surface area (Å²) in [5.41, 5.74) is 18.0. The third-order valence-electron chi connectivity index (χ3n) is 15.8. The molecule has 5 rings (SSSR count). The van der Waals surface area contributed by atoms with Crippen molar-refractivity contribution in [2.45, 2.75) is 283 Å². The van der Waals surface area contributed by atoms with Crippen molar-refractivity contribution in [3.63, 3.8) is 0 Å². The predicted octanol–water partition coefficient (Wildman–Crippen LogP) is 20.2. The van der Waals surface area contributed by atoms with Crippen molar-refractivity contribution in [3.8, 4) is 23.0 Å². The molecule has 1 unspecified atom stereocenters. The highest BCUT2D eigenvalue weighted by Crippen LogP contribution is 2.46. The van der Waals surface area contributed by atoms with E-state index < -0.39 is 8.25 Å². The van der Waals surface area contributed by atoms with Gasteiger partial charge in [0.15, 0.2) is 0 Å². The highest BCUT2D eigenvalue weighted by Gasteiger charge is 2.32. The Morgan fingerprint density at radius 1 is 0.333 bits per heavy atom. The highest BCUT2D eigenvalue weighted by molar-refractivity contribution is 7.32. The van der Waals surface area contributed by atoms with E-state index in [4.69, 9.17) is 9.42 Å². The van der Waals surface area contributed by atoms with Crippen LogP contribution >= 0.6 is 8.25 Å². The van der Waals surface area contributed by atoms with E-state index in [0.29, 0.717) is 23.0 Å². The minimum atomic E-state index is -2.62. The molecule has 0 saturated carbocycles. The second kappa shape index (κ2) is 25.7. The van der Waals surface area contributed by atoms with Crippen LogP contribution in [0.25, 0.3) is 0 Å². The molecule has 8 heteroatoms. The molecule has 450 valence electrons. The summed E-state index contributed by atoms with van der Waals surface area (Å²) in [6.45, 7) is 62.7. The molecule has 0 heterocycles. The van der Waals surface area contributed by atoms with Crippen LogP contribution in [0.2, 0.25) is 0 Å². The fourth-order valence-electron chi connectivity index (χ4n) is 10.7. The second-order valence-corrected chi connectivity index (χ2v) is 32.2. The van der Waals surface area contributed by atoms with Crippen molar-refractivity contribution in [3.05, 3.63) is 149 Å². The van der Waals surface area contributed by atoms with Crippen LogP contribution in [0.5, 0.6) is 23.0 Å². The van der Waals surface area contributed by atoms with Crippen LogP contribution in [-0.4, -0.2) is 25.3 Å². The molecule has 0 fully saturated rings. The molecule has 1 atom stereocenters. The molecule has 0 aliphatic heterocycles. The third kappa shape index (κ3) is 18.2. The Labute approximate surface area is 494 Å². The minimum absolute atomic E-state index is 0.0537. The third-order valence-corrected chi connectivity index (χ3v) is 16.2. The lowest BCUT2D eigenvalue weighted by atomic mass is 9.75. The number of unbranched alkanes of at least 4 members (excludes halogenated alkanes) is 1. The first kappa shape index (κ1) is 70.6. The summed E-state index contributed by atoms with van der Waals surface area (Å²) in [7, 11) is -2.62. The van der Waals surface area contributed by atoms with Crippen LogP contribution in [-0.2, 0) is 78.3 Å². The molecule has 7 nitrogen and oxygen atoms in total. The van der Waals surface area contributed by atoms with Crippen LogP contribution in [0.4, 0.5) is 0 Å². The summed E-state index contributed by atoms with van der Waals surface area (Å²) in [6.07, 6.45) is 4.88. The Hall–Kier alpha value is -4.68. The molecule has 0 aromatic heterocycles. The van der Waals surface area contributed by atoms with Gasteiger partial charge in [0, 0.05) is 4.57 Å². The van der Waals surface area contributed by atoms with Crippen molar-refractivity contribution in [1.82, 2.24) is 0 Å². The zero-order chi connectivity index (χ0) is 62.9. The lowest BCUT2D eigenvalue weighted by Gasteiger charge is -2.30. The summed E-state index contributed by atoms with van der Waals surface area (Å²) in [4.78, 5) is 8.76. The van der Waals surface area contributed by atoms with Crippen LogP contribution in [0, 0.1) is 20.8 Å². The molecule has 5 N–H and O–H groups in total. The van der Waals surface area contributed by atoms with Crippen LogP contribution in [0.15, 0.2) is 48.5 Å². The van der Waals surface area contributed by atoms with E-state index in [-0.39, 0.29) is 49.9 Å². The standard InChI is InChI=1S/C54H78O3.C15H23O4P.C4H10/c1-31-37(22-34-25-40(49(4,5)6)46(55)41(26-34)50(7,8)9)32(2)39(24-36-29-44(53(16,17)18)48(57)45(30-36)54(19,20)21)33(3)38(31)23-35-27-42(51(10,11)12)47(56)43(28-35)52(13,14)15;1-14(2,3)11-7-10(9-19-20(17)18)8-12(13(11)16)15(4,5)6;1-3-4-2/h25-30,55-57H,22-24H2,1-21H3;7-8H,9H2,1-6H3,(H-,16,17,18);3-4H2,1-2H3/p+1. The van der Waals surface area contributed by atoms with E-state index in [1.54, 1.807) is 0 Å². The predicted molar refractivity (Wildman–Crippen MR) is 346 cm³/mol. The molecule has 0 amide bonds. The van der Waals surface area contributed by atoms with E-state index in [2.05, 4.69) is 196 Å². The first-order valence-electron chi connectivity index (χ1n) is 29.8. The first-order valence-corrected chi connectivity index (χ1v) is 30.9. The SMILES string of the molecule is CC(C)(C)c1cc(CO[P+](=O)O)cc(C(C)(C)C)c1O.CCCC.Cc1c(Cc2cc(C(C)(C)C)c(O)c(C(C)(C)C)c2)c(C)c(Cc2cc(C(C)(C)C)c(O)c(C(C)(C)C)c2)c(C)c1Cc1cc(C(C)(C)C)c(O)c(C(C)(C)C)c1. The van der Waals surface area contributed by atoms with E-state index in [1.165, 1.54) is 62.9 Å². The molecule has 81 heavy (non-hydrogen) atoms. The highest BCUT2D eigenvalue weighted by atomic mass is 31.1. The Kier molecular flexibility index (Phi) is 22.4. The smallest absolute Gasteiger partial charge is 0.507 e. The molecular formula is C73H112O7P+. The van der Waals surface area contributed by atoms with E-state index in [0.717, 1.165) is 69.3 Å². The summed E-state index contributed by atoms with van der Waals surface area (Å²) >= 11 is 0. The maximum absolute atomic E-state index is 11.6. The van der Waals surface area contributed by atoms with Gasteiger partial charge in [0.2, 0.25) is 0 Å². The van der Waals surface area contributed by atoms with Gasteiger partial charge in [0.25, 0.3) is 0 Å². The lowest BCUT2D eigenvalue weighted by Crippen LogP contribution is -2.19. The number of phenolic OH excluding ortho intramolecular Hbond substituents is 4. The molecule has 0 aliphatic carbocycles. The minimum Gasteiger partial charge on any atom is -0.507 e. The lowest BCUT2D eigenvalue weighted by molar-refractivity contribution is 0.271. The van der Waals surface area contributed by atoms with Gasteiger partial charge in [0.05, 0.1) is 0 Å². The maximum atomic E-state index is 11.6. The number of phenols is 4.